The van der Waals surface area contributed by atoms with Crippen LogP contribution in [0.5, 0.6) is 0 Å². The van der Waals surface area contributed by atoms with E-state index in [0.29, 0.717) is 5.92 Å². The summed E-state index contributed by atoms with van der Waals surface area (Å²) < 4.78 is 5.42. The Labute approximate surface area is 140 Å². The van der Waals surface area contributed by atoms with Gasteiger partial charge in [-0.3, -0.25) is 4.90 Å². The number of hydrogen-bond acceptors (Lipinski definition) is 3. The number of ether oxygens (including phenoxy) is 1. The fraction of sp³-hybridized carbons (Fsp3) is 0.632. The molecule has 1 saturated heterocycles. The maximum Gasteiger partial charge on any atom is 0.407 e. The Kier molecular flexibility index (Phi) is 5.69. The fourth-order valence-corrected chi connectivity index (χ4v) is 3.20. The van der Waals surface area contributed by atoms with Gasteiger partial charge in [-0.1, -0.05) is 37.3 Å². The van der Waals surface area contributed by atoms with Crippen LogP contribution in [0.3, 0.4) is 0 Å². The van der Waals surface area contributed by atoms with Gasteiger partial charge >= 0.3 is 6.09 Å². The summed E-state index contributed by atoms with van der Waals surface area (Å²) in [6.07, 6.45) is 0.764. The average Bonchev–Trinajstić information content (AvgIpc) is 2.46. The minimum absolute atomic E-state index is 0.113. The van der Waals surface area contributed by atoms with Gasteiger partial charge in [0.1, 0.15) is 5.60 Å². The second-order valence-electron chi connectivity index (χ2n) is 7.63. The maximum atomic E-state index is 12.1. The first-order chi connectivity index (χ1) is 10.8. The van der Waals surface area contributed by atoms with E-state index in [1.165, 1.54) is 5.56 Å². The average molecular weight is 318 g/mol. The van der Waals surface area contributed by atoms with Crippen LogP contribution in [0.4, 0.5) is 4.79 Å². The van der Waals surface area contributed by atoms with Crippen LogP contribution in [-0.4, -0.2) is 35.2 Å². The molecule has 4 nitrogen and oxygen atoms in total. The normalized spacial score (nSPS) is 25.9. The smallest absolute Gasteiger partial charge is 0.407 e. The Hall–Kier alpha value is -1.55. The van der Waals surface area contributed by atoms with Crippen LogP contribution in [-0.2, 0) is 11.3 Å². The first kappa shape index (κ1) is 17.8. The molecule has 0 unspecified atom stereocenters. The monoisotopic (exact) mass is 318 g/mol. The minimum atomic E-state index is -0.463. The topological polar surface area (TPSA) is 41.6 Å². The predicted octanol–water partition coefficient (Wildman–Crippen LogP) is 3.81. The van der Waals surface area contributed by atoms with Gasteiger partial charge in [0.05, 0.1) is 6.04 Å². The summed E-state index contributed by atoms with van der Waals surface area (Å²) in [5, 5.41) is 3.09. The van der Waals surface area contributed by atoms with E-state index in [9.17, 15) is 4.79 Å². The lowest BCUT2D eigenvalue weighted by Gasteiger charge is -2.43. The van der Waals surface area contributed by atoms with Gasteiger partial charge in [0.25, 0.3) is 0 Å². The van der Waals surface area contributed by atoms with Gasteiger partial charge in [-0.05, 0) is 52.1 Å². The fourth-order valence-electron chi connectivity index (χ4n) is 3.20. The molecular formula is C19H30N2O2. The number of likely N-dealkylation sites (tertiary alicyclic amines) is 1. The van der Waals surface area contributed by atoms with E-state index in [4.69, 9.17) is 4.74 Å². The zero-order valence-corrected chi connectivity index (χ0v) is 15.0. The molecule has 128 valence electrons. The number of nitrogens with one attached hydrogen (secondary N) is 1. The van der Waals surface area contributed by atoms with E-state index in [1.54, 1.807) is 0 Å². The molecule has 23 heavy (non-hydrogen) atoms. The number of nitrogens with zero attached hydrogens (tertiary/aromatic N) is 1. The van der Waals surface area contributed by atoms with Crippen molar-refractivity contribution in [3.05, 3.63) is 35.9 Å². The van der Waals surface area contributed by atoms with Crippen molar-refractivity contribution in [1.29, 1.82) is 0 Å². The summed E-state index contributed by atoms with van der Waals surface area (Å²) >= 11 is 0. The van der Waals surface area contributed by atoms with Gasteiger partial charge in [-0.2, -0.15) is 0 Å². The van der Waals surface area contributed by atoms with Crippen molar-refractivity contribution in [2.75, 3.05) is 6.54 Å². The van der Waals surface area contributed by atoms with E-state index in [0.717, 1.165) is 19.5 Å². The van der Waals surface area contributed by atoms with Gasteiger partial charge in [0, 0.05) is 12.6 Å². The van der Waals surface area contributed by atoms with Crippen molar-refractivity contribution in [3.63, 3.8) is 0 Å². The van der Waals surface area contributed by atoms with Crippen molar-refractivity contribution >= 4 is 6.09 Å². The van der Waals surface area contributed by atoms with Crippen LogP contribution >= 0.6 is 0 Å². The van der Waals surface area contributed by atoms with Gasteiger partial charge in [0.15, 0.2) is 0 Å². The van der Waals surface area contributed by atoms with Crippen LogP contribution in [0.25, 0.3) is 0 Å². The number of piperidine rings is 1. The summed E-state index contributed by atoms with van der Waals surface area (Å²) in [6, 6.07) is 10.9. The standard InChI is InChI=1S/C19H30N2O2/c1-14-11-12-21(13-16-9-7-6-8-10-16)15(2)17(14)20-18(22)23-19(3,4)5/h6-10,14-15,17H,11-13H2,1-5H3,(H,20,22)/t14-,15+,17+/m0/s1. The number of hydrogen-bond donors (Lipinski definition) is 1. The maximum absolute atomic E-state index is 12.1. The number of carbonyl (C=O) groups is 1. The van der Waals surface area contributed by atoms with E-state index in [2.05, 4.69) is 48.3 Å². The Morgan fingerprint density at radius 2 is 1.91 bits per heavy atom. The molecule has 1 aromatic carbocycles. The molecule has 0 bridgehead atoms. The van der Waals surface area contributed by atoms with Crippen LogP contribution in [0.15, 0.2) is 30.3 Å². The van der Waals surface area contributed by atoms with E-state index in [-0.39, 0.29) is 18.2 Å². The SMILES string of the molecule is C[C@@H]1[C@H](NC(=O)OC(C)(C)C)[C@@H](C)CCN1Cc1ccccc1. The van der Waals surface area contributed by atoms with E-state index in [1.807, 2.05) is 26.8 Å². The summed E-state index contributed by atoms with van der Waals surface area (Å²) in [5.41, 5.74) is 0.847. The summed E-state index contributed by atoms with van der Waals surface area (Å²) in [6.45, 7) is 12.1. The third kappa shape index (κ3) is 5.24. The molecule has 2 rings (SSSR count). The highest BCUT2D eigenvalue weighted by Gasteiger charge is 2.34. The number of carbonyl (C=O) groups excluding carboxylic acids is 1. The first-order valence-corrected chi connectivity index (χ1v) is 8.54. The zero-order chi connectivity index (χ0) is 17.0. The highest BCUT2D eigenvalue weighted by atomic mass is 16.6. The highest BCUT2D eigenvalue weighted by molar-refractivity contribution is 5.68. The molecule has 1 heterocycles. The van der Waals surface area contributed by atoms with E-state index < -0.39 is 5.60 Å². The van der Waals surface area contributed by atoms with Crippen LogP contribution in [0.2, 0.25) is 0 Å². The van der Waals surface area contributed by atoms with Crippen LogP contribution < -0.4 is 5.32 Å². The van der Waals surface area contributed by atoms with Crippen LogP contribution in [0, 0.1) is 5.92 Å². The molecule has 1 N–H and O–H groups in total. The zero-order valence-electron chi connectivity index (χ0n) is 15.0. The predicted molar refractivity (Wildman–Crippen MR) is 93.3 cm³/mol. The van der Waals surface area contributed by atoms with Gasteiger partial charge in [-0.25, -0.2) is 4.79 Å². The Bertz CT molecular complexity index is 510. The summed E-state index contributed by atoms with van der Waals surface area (Å²) in [7, 11) is 0. The molecule has 1 fully saturated rings. The summed E-state index contributed by atoms with van der Waals surface area (Å²) in [5.74, 6) is 0.449. The van der Waals surface area contributed by atoms with Gasteiger partial charge < -0.3 is 10.1 Å². The number of benzene rings is 1. The molecule has 0 spiro atoms. The van der Waals surface area contributed by atoms with Crippen molar-refractivity contribution in [1.82, 2.24) is 10.2 Å². The largest absolute Gasteiger partial charge is 0.444 e. The molecule has 0 radical (unpaired) electrons. The van der Waals surface area contributed by atoms with Gasteiger partial charge in [0.2, 0.25) is 0 Å². The minimum Gasteiger partial charge on any atom is -0.444 e. The number of rotatable bonds is 3. The lowest BCUT2D eigenvalue weighted by molar-refractivity contribution is 0.0337. The molecule has 1 aromatic rings. The molecular weight excluding hydrogens is 288 g/mol. The van der Waals surface area contributed by atoms with Crippen molar-refractivity contribution in [2.45, 2.75) is 65.3 Å². The van der Waals surface area contributed by atoms with E-state index >= 15 is 0 Å². The molecule has 3 atom stereocenters. The molecule has 1 aliphatic heterocycles. The first-order valence-electron chi connectivity index (χ1n) is 8.54. The highest BCUT2D eigenvalue weighted by Crippen LogP contribution is 2.25. The Morgan fingerprint density at radius 3 is 2.52 bits per heavy atom. The van der Waals surface area contributed by atoms with Crippen LogP contribution in [0.1, 0.15) is 46.6 Å². The lowest BCUT2D eigenvalue weighted by Crippen LogP contribution is -2.57. The molecule has 1 aliphatic rings. The third-order valence-corrected chi connectivity index (χ3v) is 4.49. The lowest BCUT2D eigenvalue weighted by atomic mass is 9.87. The molecule has 0 saturated carbocycles. The number of alkyl carbamates (subject to hydrolysis) is 1. The molecule has 1 amide bonds. The number of amides is 1. The van der Waals surface area contributed by atoms with Crippen molar-refractivity contribution in [3.8, 4) is 0 Å². The Morgan fingerprint density at radius 1 is 1.26 bits per heavy atom. The summed E-state index contributed by atoms with van der Waals surface area (Å²) in [4.78, 5) is 14.6. The van der Waals surface area contributed by atoms with Crippen molar-refractivity contribution in [2.24, 2.45) is 5.92 Å². The third-order valence-electron chi connectivity index (χ3n) is 4.49. The molecule has 0 aliphatic carbocycles. The Balaban J connectivity index is 1.99. The molecule has 4 heteroatoms. The second kappa shape index (κ2) is 7.35. The molecule has 0 aromatic heterocycles. The van der Waals surface area contributed by atoms with Gasteiger partial charge in [-0.15, -0.1) is 0 Å². The second-order valence-corrected chi connectivity index (χ2v) is 7.63. The quantitative estimate of drug-likeness (QED) is 0.921. The van der Waals surface area contributed by atoms with Crippen molar-refractivity contribution < 1.29 is 9.53 Å².